The molecule has 2 aromatic rings. The first kappa shape index (κ1) is 8.68. The quantitative estimate of drug-likeness (QED) is 0.743. The molecule has 0 aliphatic rings. The lowest BCUT2D eigenvalue weighted by molar-refractivity contribution is 0.432. The average Bonchev–Trinajstić information content (AvgIpc) is 2.57. The predicted molar refractivity (Wildman–Crippen MR) is 48.1 cm³/mol. The smallest absolute Gasteiger partial charge is 0.165 e. The van der Waals surface area contributed by atoms with E-state index in [9.17, 15) is 4.39 Å². The van der Waals surface area contributed by atoms with Crippen molar-refractivity contribution in [2.75, 3.05) is 0 Å². The summed E-state index contributed by atoms with van der Waals surface area (Å²) in [6.07, 6.45) is 1.53. The van der Waals surface area contributed by atoms with Gasteiger partial charge in [-0.3, -0.25) is 0 Å². The Bertz CT molecular complexity index is 467. The van der Waals surface area contributed by atoms with Gasteiger partial charge in [-0.2, -0.15) is 15.0 Å². The van der Waals surface area contributed by atoms with Crippen molar-refractivity contribution >= 4 is 0 Å². The zero-order chi connectivity index (χ0) is 10.1. The second-order valence-electron chi connectivity index (χ2n) is 2.89. The summed E-state index contributed by atoms with van der Waals surface area (Å²) in [5, 5.41) is 16.9. The fraction of sp³-hybridized carbons (Fsp3) is 0.111. The van der Waals surface area contributed by atoms with Gasteiger partial charge in [0.05, 0.1) is 6.20 Å². The normalized spacial score (nSPS) is 10.4. The third-order valence-corrected chi connectivity index (χ3v) is 1.84. The Hall–Kier alpha value is -1.91. The monoisotopic (exact) mass is 193 g/mol. The maximum Gasteiger partial charge on any atom is 0.165 e. The molecule has 0 fully saturated rings. The molecule has 14 heavy (non-hydrogen) atoms. The topological polar surface area (TPSA) is 50.9 Å². The van der Waals surface area contributed by atoms with Crippen molar-refractivity contribution in [3.63, 3.8) is 0 Å². The lowest BCUT2D eigenvalue weighted by atomic mass is 10.1. The minimum Gasteiger partial charge on any atom is -0.505 e. The number of hydrogen-bond acceptors (Lipinski definition) is 3. The molecule has 1 N–H and O–H groups in total. The van der Waals surface area contributed by atoms with Gasteiger partial charge in [0.2, 0.25) is 0 Å². The first-order valence-corrected chi connectivity index (χ1v) is 4.02. The first-order valence-electron chi connectivity index (χ1n) is 4.02. The van der Waals surface area contributed by atoms with Crippen LogP contribution in [0.1, 0.15) is 0 Å². The Morgan fingerprint density at radius 3 is 2.79 bits per heavy atom. The van der Waals surface area contributed by atoms with E-state index >= 15 is 0 Å². The molecule has 0 aliphatic heterocycles. The molecule has 5 heteroatoms. The predicted octanol–water partition coefficient (Wildman–Crippen LogP) is 1.33. The van der Waals surface area contributed by atoms with Crippen LogP contribution in [0.5, 0.6) is 5.75 Å². The largest absolute Gasteiger partial charge is 0.505 e. The van der Waals surface area contributed by atoms with E-state index in [4.69, 9.17) is 5.11 Å². The molecule has 0 saturated carbocycles. The number of aromatic hydroxyl groups is 1. The van der Waals surface area contributed by atoms with Gasteiger partial charge < -0.3 is 5.11 Å². The number of phenols is 1. The summed E-state index contributed by atoms with van der Waals surface area (Å²) in [5.41, 5.74) is 1.17. The Balaban J connectivity index is 2.47. The van der Waals surface area contributed by atoms with Gasteiger partial charge in [-0.15, -0.1) is 0 Å². The number of nitrogens with zero attached hydrogens (tertiary/aromatic N) is 3. The zero-order valence-electron chi connectivity index (χ0n) is 7.48. The lowest BCUT2D eigenvalue weighted by Crippen LogP contribution is -1.91. The summed E-state index contributed by atoms with van der Waals surface area (Å²) in [4.78, 5) is 1.39. The van der Waals surface area contributed by atoms with Crippen molar-refractivity contribution < 1.29 is 9.50 Å². The summed E-state index contributed by atoms with van der Waals surface area (Å²) >= 11 is 0. The second kappa shape index (κ2) is 3.10. The second-order valence-corrected chi connectivity index (χ2v) is 2.89. The van der Waals surface area contributed by atoms with Gasteiger partial charge in [-0.1, -0.05) is 0 Å². The molecule has 72 valence electrons. The number of phenolic OH excluding ortho intramolecular Hbond substituents is 1. The number of hydrogen-bond donors (Lipinski definition) is 1. The van der Waals surface area contributed by atoms with E-state index in [1.54, 1.807) is 13.1 Å². The fourth-order valence-electron chi connectivity index (χ4n) is 1.14. The molecule has 4 nitrogen and oxygen atoms in total. The van der Waals surface area contributed by atoms with Crippen molar-refractivity contribution in [3.8, 4) is 17.0 Å². The zero-order valence-corrected chi connectivity index (χ0v) is 7.48. The van der Waals surface area contributed by atoms with Crippen molar-refractivity contribution in [1.29, 1.82) is 0 Å². The maximum absolute atomic E-state index is 13.0. The maximum atomic E-state index is 13.0. The van der Waals surface area contributed by atoms with Crippen LogP contribution in [-0.4, -0.2) is 20.1 Å². The SMILES string of the molecule is Cn1ncc(-c2ccc(O)c(F)c2)n1. The van der Waals surface area contributed by atoms with E-state index < -0.39 is 5.82 Å². The summed E-state index contributed by atoms with van der Waals surface area (Å²) in [6, 6.07) is 4.10. The van der Waals surface area contributed by atoms with Gasteiger partial charge in [0.1, 0.15) is 5.69 Å². The van der Waals surface area contributed by atoms with Crippen LogP contribution in [-0.2, 0) is 7.05 Å². The van der Waals surface area contributed by atoms with E-state index in [0.717, 1.165) is 0 Å². The van der Waals surface area contributed by atoms with Crippen LogP contribution in [0.3, 0.4) is 0 Å². The van der Waals surface area contributed by atoms with Crippen LogP contribution in [0, 0.1) is 5.82 Å². The molecule has 0 bridgehead atoms. The third kappa shape index (κ3) is 1.44. The van der Waals surface area contributed by atoms with Crippen LogP contribution < -0.4 is 0 Å². The van der Waals surface area contributed by atoms with Gasteiger partial charge in [0.15, 0.2) is 11.6 Å². The minimum absolute atomic E-state index is 0.363. The molecule has 1 aromatic heterocycles. The highest BCUT2D eigenvalue weighted by molar-refractivity contribution is 5.58. The highest BCUT2D eigenvalue weighted by atomic mass is 19.1. The van der Waals surface area contributed by atoms with Gasteiger partial charge in [0.25, 0.3) is 0 Å². The van der Waals surface area contributed by atoms with Gasteiger partial charge in [-0.25, -0.2) is 4.39 Å². The van der Waals surface area contributed by atoms with Crippen LogP contribution in [0.4, 0.5) is 4.39 Å². The Kier molecular flexibility index (Phi) is 1.92. The molecule has 0 saturated heterocycles. The molecule has 2 rings (SSSR count). The lowest BCUT2D eigenvalue weighted by Gasteiger charge is -1.97. The number of aryl methyl sites for hydroxylation is 1. The molecule has 0 unspecified atom stereocenters. The Morgan fingerprint density at radius 2 is 2.21 bits per heavy atom. The first-order chi connectivity index (χ1) is 6.66. The molecule has 1 aromatic carbocycles. The van der Waals surface area contributed by atoms with E-state index in [1.165, 1.54) is 23.1 Å². The highest BCUT2D eigenvalue weighted by Gasteiger charge is 2.06. The summed E-state index contributed by atoms with van der Waals surface area (Å²) in [7, 11) is 1.68. The average molecular weight is 193 g/mol. The van der Waals surface area contributed by atoms with Crippen LogP contribution in [0.2, 0.25) is 0 Å². The van der Waals surface area contributed by atoms with Crippen LogP contribution in [0.15, 0.2) is 24.4 Å². The van der Waals surface area contributed by atoms with Crippen molar-refractivity contribution in [3.05, 3.63) is 30.2 Å². The molecule has 0 spiro atoms. The van der Waals surface area contributed by atoms with Crippen molar-refractivity contribution in [2.45, 2.75) is 0 Å². The molecular weight excluding hydrogens is 185 g/mol. The molecular formula is C9H8FN3O. The Labute approximate surface area is 79.6 Å². The third-order valence-electron chi connectivity index (χ3n) is 1.84. The Morgan fingerprint density at radius 1 is 1.43 bits per heavy atom. The molecule has 0 amide bonds. The van der Waals surface area contributed by atoms with Gasteiger partial charge >= 0.3 is 0 Å². The molecule has 1 heterocycles. The van der Waals surface area contributed by atoms with E-state index in [1.807, 2.05) is 0 Å². The van der Waals surface area contributed by atoms with Crippen LogP contribution >= 0.6 is 0 Å². The van der Waals surface area contributed by atoms with E-state index in [-0.39, 0.29) is 5.75 Å². The van der Waals surface area contributed by atoms with Crippen molar-refractivity contribution in [1.82, 2.24) is 15.0 Å². The molecule has 0 radical (unpaired) electrons. The summed E-state index contributed by atoms with van der Waals surface area (Å²) < 4.78 is 13.0. The van der Waals surface area contributed by atoms with Crippen molar-refractivity contribution in [2.24, 2.45) is 7.05 Å². The number of halogens is 1. The van der Waals surface area contributed by atoms with E-state index in [2.05, 4.69) is 10.2 Å². The number of benzene rings is 1. The number of aromatic nitrogens is 3. The molecule has 0 atom stereocenters. The summed E-state index contributed by atoms with van der Waals surface area (Å²) in [6.45, 7) is 0. The standard InChI is InChI=1S/C9H8FN3O/c1-13-11-5-8(12-13)6-2-3-9(14)7(10)4-6/h2-5,14H,1H3. The van der Waals surface area contributed by atoms with Gasteiger partial charge in [0, 0.05) is 12.6 Å². The van der Waals surface area contributed by atoms with Crippen LogP contribution in [0.25, 0.3) is 11.3 Å². The van der Waals surface area contributed by atoms with E-state index in [0.29, 0.717) is 11.3 Å². The summed E-state index contributed by atoms with van der Waals surface area (Å²) in [5.74, 6) is -1.02. The highest BCUT2D eigenvalue weighted by Crippen LogP contribution is 2.22. The number of rotatable bonds is 1. The molecule has 0 aliphatic carbocycles. The van der Waals surface area contributed by atoms with Gasteiger partial charge in [-0.05, 0) is 18.2 Å². The fourth-order valence-corrected chi connectivity index (χ4v) is 1.14. The minimum atomic E-state index is -0.659.